The Balaban J connectivity index is 0.000000487. The number of anilines is 1. The molecule has 24 heavy (non-hydrogen) atoms. The fourth-order valence-corrected chi connectivity index (χ4v) is 3.47. The molecule has 0 atom stereocenters. The highest BCUT2D eigenvalue weighted by Gasteiger charge is 2.45. The molecule has 1 saturated carbocycles. The zero-order valence-electron chi connectivity index (χ0n) is 15.7. The molecule has 1 spiro atoms. The molecule has 0 radical (unpaired) electrons. The van der Waals surface area contributed by atoms with Gasteiger partial charge in [-0.3, -0.25) is 4.79 Å². The molecule has 3 aliphatic rings. The maximum Gasteiger partial charge on any atom is 0.163 e. The van der Waals surface area contributed by atoms with Crippen molar-refractivity contribution in [3.8, 4) is 0 Å². The predicted octanol–water partition coefficient (Wildman–Crippen LogP) is 4.57. The first-order chi connectivity index (χ1) is 11.7. The van der Waals surface area contributed by atoms with Gasteiger partial charge < -0.3 is 10.2 Å². The summed E-state index contributed by atoms with van der Waals surface area (Å²) in [7, 11) is 0. The summed E-state index contributed by atoms with van der Waals surface area (Å²) in [4.78, 5) is 14.1. The number of benzene rings is 1. The van der Waals surface area contributed by atoms with Crippen LogP contribution in [0.4, 0.5) is 5.69 Å². The molecule has 2 aliphatic carbocycles. The van der Waals surface area contributed by atoms with E-state index in [0.29, 0.717) is 17.6 Å². The Morgan fingerprint density at radius 1 is 1.12 bits per heavy atom. The summed E-state index contributed by atoms with van der Waals surface area (Å²) in [5, 5.41) is 3.51. The van der Waals surface area contributed by atoms with Crippen LogP contribution in [0.3, 0.4) is 0 Å². The molecule has 1 heterocycles. The number of hydrogen-bond acceptors (Lipinski definition) is 3. The van der Waals surface area contributed by atoms with Gasteiger partial charge in [-0.25, -0.2) is 0 Å². The summed E-state index contributed by atoms with van der Waals surface area (Å²) in [6, 6.07) is 6.30. The Morgan fingerprint density at radius 3 is 2.50 bits per heavy atom. The molecule has 2 fully saturated rings. The van der Waals surface area contributed by atoms with Crippen molar-refractivity contribution in [2.24, 2.45) is 5.41 Å². The highest BCUT2D eigenvalue weighted by molar-refractivity contribution is 6.00. The number of aryl methyl sites for hydroxylation is 1. The second-order valence-corrected chi connectivity index (χ2v) is 6.52. The lowest BCUT2D eigenvalue weighted by molar-refractivity contribution is 0.0994. The van der Waals surface area contributed by atoms with Crippen LogP contribution in [0, 0.1) is 5.41 Å². The Morgan fingerprint density at radius 2 is 1.83 bits per heavy atom. The van der Waals surface area contributed by atoms with E-state index < -0.39 is 0 Å². The number of rotatable bonds is 1. The topological polar surface area (TPSA) is 32.3 Å². The van der Waals surface area contributed by atoms with Gasteiger partial charge in [0.05, 0.1) is 0 Å². The molecule has 1 saturated heterocycles. The van der Waals surface area contributed by atoms with Crippen molar-refractivity contribution in [1.29, 1.82) is 0 Å². The average Bonchev–Trinajstić information content (AvgIpc) is 3.34. The summed E-state index contributed by atoms with van der Waals surface area (Å²) in [6.07, 6.45) is 4.19. The summed E-state index contributed by atoms with van der Waals surface area (Å²) in [5.41, 5.74) is 4.93. The smallest absolute Gasteiger partial charge is 0.163 e. The number of carbonyl (C=O) groups is 1. The summed E-state index contributed by atoms with van der Waals surface area (Å²) in [6.45, 7) is 15.3. The monoisotopic (exact) mass is 328 g/mol. The van der Waals surface area contributed by atoms with Gasteiger partial charge in [0.1, 0.15) is 0 Å². The van der Waals surface area contributed by atoms with E-state index in [4.69, 9.17) is 0 Å². The van der Waals surface area contributed by atoms with Gasteiger partial charge in [0.15, 0.2) is 5.78 Å². The van der Waals surface area contributed by atoms with Crippen molar-refractivity contribution in [2.75, 3.05) is 24.5 Å². The fourth-order valence-electron chi connectivity index (χ4n) is 3.47. The van der Waals surface area contributed by atoms with Crippen LogP contribution < -0.4 is 10.2 Å². The van der Waals surface area contributed by atoms with E-state index >= 15 is 0 Å². The summed E-state index contributed by atoms with van der Waals surface area (Å²) in [5.74, 6) is 0.293. The molecule has 1 aromatic carbocycles. The van der Waals surface area contributed by atoms with Gasteiger partial charge in [-0.05, 0) is 43.0 Å². The summed E-state index contributed by atoms with van der Waals surface area (Å²) >= 11 is 0. The van der Waals surface area contributed by atoms with Crippen LogP contribution in [-0.4, -0.2) is 25.4 Å². The van der Waals surface area contributed by atoms with E-state index in [1.807, 2.05) is 33.8 Å². The van der Waals surface area contributed by atoms with E-state index in [9.17, 15) is 4.79 Å². The maximum atomic E-state index is 11.7. The SMILES string of the molecule is C=C1CNCC2(CC2)CN1c1ccc2c(c1)CCC2=O.CC.CC. The highest BCUT2D eigenvalue weighted by Crippen LogP contribution is 2.47. The van der Waals surface area contributed by atoms with Gasteiger partial charge in [-0.1, -0.05) is 34.3 Å². The average molecular weight is 329 g/mol. The molecular formula is C21H32N2O. The molecule has 4 rings (SSSR count). The minimum absolute atomic E-state index is 0.293. The number of carbonyl (C=O) groups excluding carboxylic acids is 1. The fraction of sp³-hybridized carbons (Fsp3) is 0.571. The predicted molar refractivity (Wildman–Crippen MR) is 103 cm³/mol. The number of nitrogens with zero attached hydrogens (tertiary/aromatic N) is 1. The van der Waals surface area contributed by atoms with Crippen LogP contribution in [-0.2, 0) is 6.42 Å². The minimum atomic E-state index is 0.293. The number of ketones is 1. The van der Waals surface area contributed by atoms with Crippen molar-refractivity contribution in [3.05, 3.63) is 41.6 Å². The Hall–Kier alpha value is -1.61. The molecular weight excluding hydrogens is 296 g/mol. The molecule has 1 aliphatic heterocycles. The quantitative estimate of drug-likeness (QED) is 0.819. The second-order valence-electron chi connectivity index (χ2n) is 6.52. The molecule has 1 aromatic rings. The minimum Gasteiger partial charge on any atom is -0.344 e. The molecule has 0 aromatic heterocycles. The normalized spacial score (nSPS) is 20.4. The third-order valence-electron chi connectivity index (χ3n) is 4.98. The Labute approximate surface area is 147 Å². The number of Topliss-reactive ketones (excluding diaryl/α,β-unsaturated/α-hetero) is 1. The van der Waals surface area contributed by atoms with Crippen molar-refractivity contribution >= 4 is 11.5 Å². The number of nitrogens with one attached hydrogen (secondary N) is 1. The van der Waals surface area contributed by atoms with Crippen LogP contribution in [0.1, 0.15) is 62.9 Å². The molecule has 132 valence electrons. The molecule has 0 unspecified atom stereocenters. The largest absolute Gasteiger partial charge is 0.344 e. The first-order valence-electron chi connectivity index (χ1n) is 9.49. The second kappa shape index (κ2) is 7.98. The molecule has 3 heteroatoms. The molecule has 0 bridgehead atoms. The van der Waals surface area contributed by atoms with E-state index in [2.05, 4.69) is 28.9 Å². The van der Waals surface area contributed by atoms with Gasteiger partial charge in [0.2, 0.25) is 0 Å². The standard InChI is InChI=1S/C17H20N2O.2C2H6/c1-12-9-18-10-17(6-7-17)11-19(12)14-3-4-15-13(8-14)2-5-16(15)20;2*1-2/h3-4,8,18H,1-2,5-7,9-11H2;2*1-2H3. The van der Waals surface area contributed by atoms with Crippen LogP contribution in [0.2, 0.25) is 0 Å². The highest BCUT2D eigenvalue weighted by atomic mass is 16.1. The number of fused-ring (bicyclic) bond motifs is 1. The lowest BCUT2D eigenvalue weighted by atomic mass is 10.1. The number of hydrogen-bond donors (Lipinski definition) is 1. The van der Waals surface area contributed by atoms with Crippen molar-refractivity contribution in [2.45, 2.75) is 53.4 Å². The van der Waals surface area contributed by atoms with Crippen LogP contribution in [0.25, 0.3) is 0 Å². The Kier molecular flexibility index (Phi) is 6.22. The lowest BCUT2D eigenvalue weighted by Crippen LogP contribution is -2.29. The third-order valence-corrected chi connectivity index (χ3v) is 4.98. The van der Waals surface area contributed by atoms with Crippen molar-refractivity contribution in [3.63, 3.8) is 0 Å². The maximum absolute atomic E-state index is 11.7. The van der Waals surface area contributed by atoms with E-state index in [-0.39, 0.29) is 0 Å². The Bertz CT molecular complexity index is 602. The zero-order chi connectivity index (χ0) is 17.7. The van der Waals surface area contributed by atoms with E-state index in [1.54, 1.807) is 0 Å². The molecule has 1 N–H and O–H groups in total. The summed E-state index contributed by atoms with van der Waals surface area (Å²) < 4.78 is 0. The van der Waals surface area contributed by atoms with Crippen LogP contribution >= 0.6 is 0 Å². The van der Waals surface area contributed by atoms with Gasteiger partial charge in [-0.2, -0.15) is 0 Å². The van der Waals surface area contributed by atoms with Gasteiger partial charge >= 0.3 is 0 Å². The van der Waals surface area contributed by atoms with Crippen LogP contribution in [0.15, 0.2) is 30.5 Å². The van der Waals surface area contributed by atoms with Crippen molar-refractivity contribution < 1.29 is 4.79 Å². The van der Waals surface area contributed by atoms with Gasteiger partial charge in [-0.15, -0.1) is 0 Å². The van der Waals surface area contributed by atoms with E-state index in [0.717, 1.165) is 37.3 Å². The zero-order valence-corrected chi connectivity index (χ0v) is 15.7. The van der Waals surface area contributed by atoms with Gasteiger partial charge in [0.25, 0.3) is 0 Å². The van der Waals surface area contributed by atoms with Crippen molar-refractivity contribution in [1.82, 2.24) is 5.32 Å². The molecule has 0 amide bonds. The molecule has 3 nitrogen and oxygen atoms in total. The van der Waals surface area contributed by atoms with Crippen LogP contribution in [0.5, 0.6) is 0 Å². The first kappa shape index (κ1) is 18.7. The van der Waals surface area contributed by atoms with Gasteiger partial charge in [0, 0.05) is 48.4 Å². The first-order valence-corrected chi connectivity index (χ1v) is 9.49. The lowest BCUT2D eigenvalue weighted by Gasteiger charge is -2.28. The van der Waals surface area contributed by atoms with E-state index in [1.165, 1.54) is 24.1 Å². The third kappa shape index (κ3) is 3.72.